The van der Waals surface area contributed by atoms with E-state index in [0.29, 0.717) is 12.0 Å². The summed E-state index contributed by atoms with van der Waals surface area (Å²) >= 11 is 3.40. The number of fused-ring (bicyclic) bond motifs is 1. The van der Waals surface area contributed by atoms with Crippen LogP contribution < -0.4 is 10.6 Å². The van der Waals surface area contributed by atoms with Gasteiger partial charge in [-0.15, -0.1) is 0 Å². The van der Waals surface area contributed by atoms with Crippen LogP contribution in [0.15, 0.2) is 35.1 Å². The van der Waals surface area contributed by atoms with Crippen LogP contribution in [0.2, 0.25) is 0 Å². The number of nitrogens with zero attached hydrogens (tertiary/aromatic N) is 2. The van der Waals surface area contributed by atoms with E-state index in [0.717, 1.165) is 34.5 Å². The van der Waals surface area contributed by atoms with Crippen LogP contribution in [0, 0.1) is 0 Å². The predicted octanol–water partition coefficient (Wildman–Crippen LogP) is 3.83. The number of carbonyl (C=O) groups is 1. The second-order valence-electron chi connectivity index (χ2n) is 7.07. The summed E-state index contributed by atoms with van der Waals surface area (Å²) in [4.78, 5) is 20.9. The molecular formula is C18H19BrN4O. The zero-order valence-electron chi connectivity index (χ0n) is 13.6. The van der Waals surface area contributed by atoms with Crippen molar-refractivity contribution in [1.29, 1.82) is 0 Å². The maximum atomic E-state index is 12.2. The Labute approximate surface area is 149 Å². The van der Waals surface area contributed by atoms with E-state index in [4.69, 9.17) is 0 Å². The summed E-state index contributed by atoms with van der Waals surface area (Å²) in [5.74, 6) is 2.12. The molecule has 2 aromatic rings. The van der Waals surface area contributed by atoms with Crippen LogP contribution in [0.5, 0.6) is 0 Å². The summed E-state index contributed by atoms with van der Waals surface area (Å²) in [6.45, 7) is 3.94. The molecule has 24 heavy (non-hydrogen) atoms. The van der Waals surface area contributed by atoms with Crippen molar-refractivity contribution in [3.8, 4) is 0 Å². The van der Waals surface area contributed by atoms with E-state index in [1.165, 1.54) is 5.56 Å². The lowest BCUT2D eigenvalue weighted by atomic mass is 9.71. The fourth-order valence-corrected chi connectivity index (χ4v) is 3.84. The number of aromatic nitrogens is 2. The number of anilines is 2. The van der Waals surface area contributed by atoms with Gasteiger partial charge in [-0.05, 0) is 72.3 Å². The Bertz CT molecular complexity index is 797. The highest BCUT2D eigenvalue weighted by Crippen LogP contribution is 2.46. The number of amides is 1. The topological polar surface area (TPSA) is 66.9 Å². The molecule has 0 radical (unpaired) electrons. The predicted molar refractivity (Wildman–Crippen MR) is 97.2 cm³/mol. The van der Waals surface area contributed by atoms with Gasteiger partial charge < -0.3 is 10.6 Å². The van der Waals surface area contributed by atoms with Gasteiger partial charge in [0.15, 0.2) is 0 Å². The third-order valence-electron chi connectivity index (χ3n) is 5.07. The van der Waals surface area contributed by atoms with Crippen LogP contribution in [0.3, 0.4) is 0 Å². The molecule has 0 bridgehead atoms. The molecule has 2 N–H and O–H groups in total. The van der Waals surface area contributed by atoms with Gasteiger partial charge in [-0.3, -0.25) is 4.79 Å². The first kappa shape index (κ1) is 15.6. The van der Waals surface area contributed by atoms with Gasteiger partial charge in [0.25, 0.3) is 0 Å². The number of hydrogen-bond donors (Lipinski definition) is 2. The van der Waals surface area contributed by atoms with E-state index in [-0.39, 0.29) is 5.91 Å². The van der Waals surface area contributed by atoms with Crippen molar-refractivity contribution in [2.45, 2.75) is 44.1 Å². The van der Waals surface area contributed by atoms with Crippen LogP contribution in [0.25, 0.3) is 0 Å². The number of rotatable bonds is 3. The number of halogens is 1. The quantitative estimate of drug-likeness (QED) is 0.840. The SMILES string of the molecule is CC1(C)C(=O)Nc2nccc(C3CC(Nc4ccc(Br)cn4)C3)c21. The summed E-state index contributed by atoms with van der Waals surface area (Å²) in [5, 5.41) is 6.38. The molecule has 1 aliphatic carbocycles. The van der Waals surface area contributed by atoms with Crippen LogP contribution in [-0.4, -0.2) is 21.9 Å². The van der Waals surface area contributed by atoms with E-state index < -0.39 is 5.41 Å². The molecule has 1 aliphatic heterocycles. The van der Waals surface area contributed by atoms with E-state index in [2.05, 4.69) is 42.6 Å². The van der Waals surface area contributed by atoms with Crippen molar-refractivity contribution >= 4 is 33.5 Å². The zero-order chi connectivity index (χ0) is 16.9. The second-order valence-corrected chi connectivity index (χ2v) is 7.99. The molecule has 0 unspecified atom stereocenters. The van der Waals surface area contributed by atoms with Crippen LogP contribution in [0.4, 0.5) is 11.6 Å². The van der Waals surface area contributed by atoms with Gasteiger partial charge in [-0.2, -0.15) is 0 Å². The van der Waals surface area contributed by atoms with Gasteiger partial charge in [0.2, 0.25) is 5.91 Å². The average Bonchev–Trinajstić information content (AvgIpc) is 2.74. The molecule has 124 valence electrons. The molecule has 1 fully saturated rings. The van der Waals surface area contributed by atoms with E-state index in [1.54, 1.807) is 12.4 Å². The van der Waals surface area contributed by atoms with Crippen molar-refractivity contribution in [2.24, 2.45) is 0 Å². The number of pyridine rings is 2. The van der Waals surface area contributed by atoms with Crippen molar-refractivity contribution in [3.05, 3.63) is 46.2 Å². The van der Waals surface area contributed by atoms with Crippen LogP contribution in [0.1, 0.15) is 43.7 Å². The lowest BCUT2D eigenvalue weighted by molar-refractivity contribution is -0.119. The molecule has 0 spiro atoms. The molecular weight excluding hydrogens is 368 g/mol. The lowest BCUT2D eigenvalue weighted by Gasteiger charge is -2.38. The summed E-state index contributed by atoms with van der Waals surface area (Å²) in [5.41, 5.74) is 1.82. The maximum Gasteiger partial charge on any atom is 0.235 e. The third kappa shape index (κ3) is 2.49. The largest absolute Gasteiger partial charge is 0.367 e. The van der Waals surface area contributed by atoms with Gasteiger partial charge in [0.05, 0.1) is 5.41 Å². The number of hydrogen-bond acceptors (Lipinski definition) is 4. The Morgan fingerprint density at radius 3 is 2.75 bits per heavy atom. The fourth-order valence-electron chi connectivity index (χ4n) is 3.61. The first-order valence-electron chi connectivity index (χ1n) is 8.14. The fraction of sp³-hybridized carbons (Fsp3) is 0.389. The van der Waals surface area contributed by atoms with Crippen molar-refractivity contribution in [2.75, 3.05) is 10.6 Å². The van der Waals surface area contributed by atoms with Gasteiger partial charge in [0.1, 0.15) is 11.6 Å². The summed E-state index contributed by atoms with van der Waals surface area (Å²) in [7, 11) is 0. The number of carbonyl (C=O) groups excluding carboxylic acids is 1. The van der Waals surface area contributed by atoms with Crippen LogP contribution in [-0.2, 0) is 10.2 Å². The average molecular weight is 387 g/mol. The Morgan fingerprint density at radius 2 is 2.04 bits per heavy atom. The minimum absolute atomic E-state index is 0.0329. The monoisotopic (exact) mass is 386 g/mol. The standard InChI is InChI=1S/C18H19BrN4O/c1-18(2)15-13(5-6-20-16(15)23-17(18)24)10-7-12(8-10)22-14-4-3-11(19)9-21-14/h3-6,9-10,12H,7-8H2,1-2H3,(H,21,22)(H,20,23,24). The first-order chi connectivity index (χ1) is 11.4. The molecule has 2 aliphatic rings. The molecule has 0 saturated heterocycles. The molecule has 0 aromatic carbocycles. The highest BCUT2D eigenvalue weighted by molar-refractivity contribution is 9.10. The maximum absolute atomic E-state index is 12.2. The molecule has 4 rings (SSSR count). The Kier molecular flexibility index (Phi) is 3.60. The first-order valence-corrected chi connectivity index (χ1v) is 8.93. The molecule has 5 nitrogen and oxygen atoms in total. The zero-order valence-corrected chi connectivity index (χ0v) is 15.2. The number of nitrogens with one attached hydrogen (secondary N) is 2. The smallest absolute Gasteiger partial charge is 0.235 e. The van der Waals surface area contributed by atoms with Gasteiger partial charge >= 0.3 is 0 Å². The molecule has 6 heteroatoms. The summed E-state index contributed by atoms with van der Waals surface area (Å²) < 4.78 is 0.978. The highest BCUT2D eigenvalue weighted by Gasteiger charge is 2.44. The van der Waals surface area contributed by atoms with E-state index in [9.17, 15) is 4.79 Å². The van der Waals surface area contributed by atoms with E-state index >= 15 is 0 Å². The van der Waals surface area contributed by atoms with Crippen molar-refractivity contribution in [1.82, 2.24) is 9.97 Å². The van der Waals surface area contributed by atoms with Crippen molar-refractivity contribution in [3.63, 3.8) is 0 Å². The van der Waals surface area contributed by atoms with Gasteiger partial charge in [-0.1, -0.05) is 0 Å². The second kappa shape index (κ2) is 5.55. The van der Waals surface area contributed by atoms with Crippen LogP contribution >= 0.6 is 15.9 Å². The molecule has 1 saturated carbocycles. The summed E-state index contributed by atoms with van der Waals surface area (Å²) in [6, 6.07) is 6.45. The van der Waals surface area contributed by atoms with Gasteiger partial charge in [0, 0.05) is 28.5 Å². The minimum atomic E-state index is -0.509. The Morgan fingerprint density at radius 1 is 1.25 bits per heavy atom. The Balaban J connectivity index is 1.50. The molecule has 2 aromatic heterocycles. The lowest BCUT2D eigenvalue weighted by Crippen LogP contribution is -2.36. The molecule has 1 amide bonds. The normalized spacial score (nSPS) is 24.0. The van der Waals surface area contributed by atoms with E-state index in [1.807, 2.05) is 26.0 Å². The molecule has 3 heterocycles. The Hall–Kier alpha value is -1.95. The highest BCUT2D eigenvalue weighted by atomic mass is 79.9. The third-order valence-corrected chi connectivity index (χ3v) is 5.53. The van der Waals surface area contributed by atoms with Gasteiger partial charge in [-0.25, -0.2) is 9.97 Å². The summed E-state index contributed by atoms with van der Waals surface area (Å²) in [6.07, 6.45) is 5.68. The molecule has 0 atom stereocenters. The minimum Gasteiger partial charge on any atom is -0.367 e. The van der Waals surface area contributed by atoms with Crippen molar-refractivity contribution < 1.29 is 4.79 Å².